The fraction of sp³-hybridized carbons (Fsp3) is 0.294. The Morgan fingerprint density at radius 3 is 0.984 bits per heavy atom. The van der Waals surface area contributed by atoms with Crippen LogP contribution in [0.5, 0.6) is 0 Å². The van der Waals surface area contributed by atoms with Crippen molar-refractivity contribution in [2.75, 3.05) is 85.1 Å². The summed E-state index contributed by atoms with van der Waals surface area (Å²) < 4.78 is 141. The van der Waals surface area contributed by atoms with Crippen LogP contribution in [0, 0.1) is 13.8 Å². The number of hydrogen-bond acceptors (Lipinski definition) is 30. The summed E-state index contributed by atoms with van der Waals surface area (Å²) in [6, 6.07) is 35.8. The summed E-state index contributed by atoms with van der Waals surface area (Å²) in [6.07, 6.45) is 18.4. The van der Waals surface area contributed by atoms with E-state index in [-0.39, 0.29) is 49.0 Å². The third-order valence-electron chi connectivity index (χ3n) is 22.4. The first-order chi connectivity index (χ1) is 61.3. The van der Waals surface area contributed by atoms with Crippen molar-refractivity contribution in [2.24, 2.45) is 0 Å². The van der Waals surface area contributed by atoms with Crippen molar-refractivity contribution in [3.05, 3.63) is 235 Å². The molecule has 0 fully saturated rings. The molecule has 43 heteroatoms. The molecule has 20 rings (SSSR count). The Bertz CT molecular complexity index is 7500. The highest BCUT2D eigenvalue weighted by molar-refractivity contribution is 8.01. The van der Waals surface area contributed by atoms with Gasteiger partial charge in [0.2, 0.25) is 49.2 Å². The van der Waals surface area contributed by atoms with E-state index in [4.69, 9.17) is 34.8 Å². The van der Waals surface area contributed by atoms with Gasteiger partial charge >= 0.3 is 0 Å². The zero-order chi connectivity index (χ0) is 90.6. The van der Waals surface area contributed by atoms with Gasteiger partial charge in [0.25, 0.3) is 0 Å². The Hall–Kier alpha value is -8.63. The number of aryl methyl sites for hydroxylation is 2. The maximum atomic E-state index is 13.3. The number of aromatic nitrogens is 15. The lowest BCUT2D eigenvalue weighted by Crippen LogP contribution is -2.29. The lowest BCUT2D eigenvalue weighted by molar-refractivity contribution is 0.306. The second kappa shape index (κ2) is 37.9. The van der Waals surface area contributed by atoms with Crippen LogP contribution in [0.3, 0.4) is 0 Å². The summed E-state index contributed by atoms with van der Waals surface area (Å²) in [4.78, 5) is 31.1. The molecular weight excluding hydrogens is 1890 g/mol. The van der Waals surface area contributed by atoms with Gasteiger partial charge in [0, 0.05) is 170 Å². The minimum Gasteiger partial charge on any atom is -0.312 e. The normalized spacial score (nSPS) is 15.1. The van der Waals surface area contributed by atoms with Crippen LogP contribution in [0.15, 0.2) is 226 Å². The average Bonchev–Trinajstić information content (AvgIpc) is 1.59. The SMILES string of the molecule is CSc1nn2c3c(c(C)nc2c1S(=O)(=O)c1cccc(Cl)c1)CNCC3.CSc1nn2c3c(c(C)nc2c1S(=O)(=O)c1ccccc1)CN(C)CC3.CSc1nn2c3c(cnc2c1S(=O)(=O)c1cccc(Cl)c1)CN(C)CC3.CSc1nn2c3c(cnc2c1S(=O)(=O)c1cccc(Cl)c1)CNCC3.CSc1nn2c3c(cnc2c1S(=O)(=O)c1ccccc1)CN(C)CC3. The maximum absolute atomic E-state index is 13.3. The molecule has 5 aliphatic rings. The second-order valence-corrected chi connectivity index (χ2v) is 45.4. The van der Waals surface area contributed by atoms with Gasteiger partial charge in [-0.3, -0.25) is 0 Å². The number of nitrogens with zero attached hydrogens (tertiary/aromatic N) is 18. The largest absolute Gasteiger partial charge is 0.312 e. The van der Waals surface area contributed by atoms with Crippen LogP contribution in [0.2, 0.25) is 15.1 Å². The van der Waals surface area contributed by atoms with Crippen molar-refractivity contribution in [1.82, 2.24) is 98.3 Å². The Morgan fingerprint density at radius 2 is 0.617 bits per heavy atom. The molecule has 0 atom stereocenters. The summed E-state index contributed by atoms with van der Waals surface area (Å²) in [5.74, 6) is 0. The predicted octanol–water partition coefficient (Wildman–Crippen LogP) is 13.3. The van der Waals surface area contributed by atoms with E-state index in [1.54, 1.807) is 150 Å². The van der Waals surface area contributed by atoms with E-state index in [0.717, 1.165) is 159 Å². The van der Waals surface area contributed by atoms with E-state index in [2.05, 4.69) is 96.9 Å². The highest BCUT2D eigenvalue weighted by Gasteiger charge is 2.38. The molecule has 0 bridgehead atoms. The average molecular weight is 1980 g/mol. The number of thioether (sulfide) groups is 5. The van der Waals surface area contributed by atoms with Crippen LogP contribution in [-0.4, -0.2) is 215 Å². The van der Waals surface area contributed by atoms with Gasteiger partial charge in [-0.25, -0.2) is 89.6 Å². The predicted molar refractivity (Wildman–Crippen MR) is 499 cm³/mol. The van der Waals surface area contributed by atoms with Gasteiger partial charge in [-0.1, -0.05) is 89.4 Å². The second-order valence-electron chi connectivity index (χ2n) is 30.6. The first-order valence-corrected chi connectivity index (χ1v) is 54.8. The van der Waals surface area contributed by atoms with Gasteiger partial charge in [0.1, 0.15) is 25.1 Å². The third-order valence-corrected chi connectivity index (χ3v) is 36.1. The maximum Gasteiger partial charge on any atom is 0.213 e. The van der Waals surface area contributed by atoms with Gasteiger partial charge in [-0.05, 0) is 145 Å². The Morgan fingerprint density at radius 1 is 0.328 bits per heavy atom. The molecule has 0 saturated heterocycles. The summed E-state index contributed by atoms with van der Waals surface area (Å²) >= 11 is 24.6. The zero-order valence-electron chi connectivity index (χ0n) is 70.9. The number of sulfone groups is 5. The van der Waals surface area contributed by atoms with Crippen LogP contribution in [0.1, 0.15) is 67.7 Å². The lowest BCUT2D eigenvalue weighted by Gasteiger charge is -2.26. The molecule has 30 nitrogen and oxygen atoms in total. The monoisotopic (exact) mass is 1970 g/mol. The molecule has 5 aliphatic heterocycles. The molecule has 2 N–H and O–H groups in total. The molecule has 128 heavy (non-hydrogen) atoms. The van der Waals surface area contributed by atoms with E-state index in [1.807, 2.05) is 45.1 Å². The zero-order valence-corrected chi connectivity index (χ0v) is 81.3. The summed E-state index contributed by atoms with van der Waals surface area (Å²) in [5.41, 5.74) is 14.3. The Kier molecular flexibility index (Phi) is 27.4. The molecule has 0 radical (unpaired) electrons. The highest BCUT2D eigenvalue weighted by Crippen LogP contribution is 2.42. The number of hydrogen-bond donors (Lipinski definition) is 2. The van der Waals surface area contributed by atoms with E-state index in [9.17, 15) is 42.1 Å². The van der Waals surface area contributed by atoms with E-state index in [1.165, 1.54) is 83.1 Å². The Labute approximate surface area is 777 Å². The van der Waals surface area contributed by atoms with Gasteiger partial charge in [0.05, 0.1) is 52.9 Å². The molecule has 0 amide bonds. The number of halogens is 3. The quantitative estimate of drug-likeness (QED) is 0.0900. The van der Waals surface area contributed by atoms with Crippen LogP contribution >= 0.6 is 93.6 Å². The fourth-order valence-electron chi connectivity index (χ4n) is 16.1. The first kappa shape index (κ1) is 92.6. The van der Waals surface area contributed by atoms with Crippen LogP contribution in [-0.2, 0) is 114 Å². The fourth-order valence-corrected chi connectivity index (χ4v) is 29.0. The number of nitrogens with one attached hydrogen (secondary N) is 2. The van der Waals surface area contributed by atoms with Gasteiger partial charge in [0.15, 0.2) is 52.7 Å². The van der Waals surface area contributed by atoms with Crippen LogP contribution in [0.4, 0.5) is 0 Å². The van der Waals surface area contributed by atoms with Crippen molar-refractivity contribution in [3.63, 3.8) is 0 Å². The summed E-state index contributed by atoms with van der Waals surface area (Å²) in [7, 11) is -12.5. The number of likely N-dealkylation sites (N-methyl/N-ethyl adjacent to an activating group) is 3. The van der Waals surface area contributed by atoms with Crippen LogP contribution < -0.4 is 10.6 Å². The smallest absolute Gasteiger partial charge is 0.213 e. The van der Waals surface area contributed by atoms with Gasteiger partial charge in [-0.15, -0.1) is 58.8 Å². The molecular formula is C85H87Cl3N20O10S10. The molecule has 0 spiro atoms. The number of fused-ring (bicyclic) bond motifs is 15. The summed E-state index contributed by atoms with van der Waals surface area (Å²) in [6.45, 7) is 12.1. The standard InChI is InChI=1S/C18H20N4O2S2.2C17H17ClN4O2S2.C17H18N4O2S2.C16H15ClN4O2S2/c1-12-14-11-21(2)10-9-15(14)22-17(19-12)16(18(20-22)25-3)26(23,24)13-7-5-4-6-8-13;1-21-7-6-14-11(10-21)9-19-16-15(17(25-2)20-22(14)16)26(23,24)13-5-3-4-12(18)8-13;1-10-13-9-19-7-6-14(13)22-16(20-10)15(17(21-22)25-2)26(23,24)12-5-3-4-11(18)8-12;1-20-9-8-14-12(11-20)10-18-16-15(17(24-2)19-21(14)16)25(22,23)13-6-4-3-5-7-13;1-24-16-14(25(22,23)12-4-2-3-11(17)7-12)15-19-9-10-8-18-6-5-13(10)21(15)20-16/h4-8H,9-11H2,1-3H3;3-5,8-9H,6-7,10H2,1-2H3;3-5,8,19H,6-7,9H2,1-2H3;3-7,10H,8-9,11H2,1-2H3;2-4,7,9,18H,5-6,8H2,1H3. The lowest BCUT2D eigenvalue weighted by atomic mass is 10.0. The topological polar surface area (TPSA) is 355 Å². The molecule has 15 heterocycles. The van der Waals surface area contributed by atoms with Crippen molar-refractivity contribution in [2.45, 2.75) is 153 Å². The molecule has 10 aromatic heterocycles. The van der Waals surface area contributed by atoms with Gasteiger partial charge < -0.3 is 25.3 Å². The van der Waals surface area contributed by atoms with Crippen LogP contribution in [0.25, 0.3) is 28.2 Å². The third kappa shape index (κ3) is 17.7. The number of benzene rings is 5. The molecule has 668 valence electrons. The number of rotatable bonds is 15. The van der Waals surface area contributed by atoms with E-state index >= 15 is 0 Å². The summed E-state index contributed by atoms with van der Waals surface area (Å²) in [5, 5.41) is 32.9. The van der Waals surface area contributed by atoms with Gasteiger partial charge in [-0.2, -0.15) is 25.5 Å². The molecule has 5 aromatic carbocycles. The minimum atomic E-state index is -3.80. The van der Waals surface area contributed by atoms with Crippen molar-refractivity contribution in [3.8, 4) is 0 Å². The Balaban J connectivity index is 0.000000117. The van der Waals surface area contributed by atoms with E-state index < -0.39 is 49.2 Å². The van der Waals surface area contributed by atoms with Crippen molar-refractivity contribution >= 4 is 171 Å². The molecule has 15 aromatic rings. The first-order valence-electron chi connectivity index (χ1n) is 40.1. The highest BCUT2D eigenvalue weighted by atomic mass is 35.5. The van der Waals surface area contributed by atoms with Crippen molar-refractivity contribution < 1.29 is 42.1 Å². The minimum absolute atomic E-state index is 0.142. The van der Waals surface area contributed by atoms with E-state index in [0.29, 0.717) is 75.0 Å². The molecule has 0 aliphatic carbocycles. The molecule has 0 saturated carbocycles. The van der Waals surface area contributed by atoms with Crippen molar-refractivity contribution in [1.29, 1.82) is 0 Å². The molecule has 0 unspecified atom stereocenters.